The van der Waals surface area contributed by atoms with Gasteiger partial charge in [-0.15, -0.1) is 11.3 Å². The fourth-order valence-electron chi connectivity index (χ4n) is 6.42. The molecule has 9 rings (SSSR count). The number of hydrogen-bond acceptors (Lipinski definition) is 4. The van der Waals surface area contributed by atoms with Crippen molar-refractivity contribution in [3.8, 4) is 21.6 Å². The second-order valence-electron chi connectivity index (χ2n) is 11.0. The standard InChI is InChI=1S/C39H26N2OS/c1-2-8-25(9-3-1)26-14-16-27(17-15-26)41(28-18-20-31-30-10-5-7-13-36(30)42-37(31)22-28)29-19-21-32-34-24-40-35-12-6-4-11-33(35)39(34)43-38(32)23-29/h1-23,40H,24H2. The van der Waals surface area contributed by atoms with E-state index in [0.29, 0.717) is 0 Å². The Kier molecular flexibility index (Phi) is 5.43. The van der Waals surface area contributed by atoms with Gasteiger partial charge in [-0.3, -0.25) is 0 Å². The number of nitrogens with one attached hydrogen (secondary N) is 1. The second-order valence-corrected chi connectivity index (χ2v) is 12.1. The van der Waals surface area contributed by atoms with Crippen LogP contribution in [0.1, 0.15) is 5.56 Å². The van der Waals surface area contributed by atoms with Crippen LogP contribution in [0.15, 0.2) is 144 Å². The van der Waals surface area contributed by atoms with E-state index in [2.05, 4.69) is 138 Å². The van der Waals surface area contributed by atoms with Gasteiger partial charge in [0.1, 0.15) is 11.2 Å². The molecule has 1 aliphatic rings. The number of furan rings is 1. The summed E-state index contributed by atoms with van der Waals surface area (Å²) in [6.07, 6.45) is 0. The molecule has 0 bridgehead atoms. The van der Waals surface area contributed by atoms with E-state index in [1.807, 2.05) is 23.5 Å². The zero-order valence-electron chi connectivity index (χ0n) is 23.2. The Bertz CT molecular complexity index is 2300. The van der Waals surface area contributed by atoms with Crippen molar-refractivity contribution in [2.24, 2.45) is 0 Å². The Morgan fingerprint density at radius 1 is 0.558 bits per heavy atom. The number of hydrogen-bond donors (Lipinski definition) is 1. The summed E-state index contributed by atoms with van der Waals surface area (Å²) in [5.41, 5.74) is 11.4. The monoisotopic (exact) mass is 570 g/mol. The first-order valence-electron chi connectivity index (χ1n) is 14.6. The van der Waals surface area contributed by atoms with Crippen LogP contribution in [0, 0.1) is 0 Å². The highest BCUT2D eigenvalue weighted by molar-refractivity contribution is 7.22. The zero-order chi connectivity index (χ0) is 28.3. The van der Waals surface area contributed by atoms with Crippen molar-refractivity contribution in [2.75, 3.05) is 10.2 Å². The van der Waals surface area contributed by atoms with Crippen molar-refractivity contribution in [1.29, 1.82) is 0 Å². The van der Waals surface area contributed by atoms with Crippen LogP contribution in [0.5, 0.6) is 0 Å². The minimum atomic E-state index is 0.846. The number of para-hydroxylation sites is 2. The molecule has 3 nitrogen and oxygen atoms in total. The van der Waals surface area contributed by atoms with Gasteiger partial charge in [0.05, 0.1) is 0 Å². The van der Waals surface area contributed by atoms with Crippen LogP contribution >= 0.6 is 11.3 Å². The van der Waals surface area contributed by atoms with Crippen LogP contribution in [0.3, 0.4) is 0 Å². The van der Waals surface area contributed by atoms with Crippen LogP contribution in [0.2, 0.25) is 0 Å². The van der Waals surface area contributed by atoms with Crippen LogP contribution in [-0.2, 0) is 6.54 Å². The molecule has 0 aliphatic carbocycles. The lowest BCUT2D eigenvalue weighted by Crippen LogP contribution is -2.10. The molecule has 0 saturated heterocycles. The van der Waals surface area contributed by atoms with E-state index in [4.69, 9.17) is 4.42 Å². The normalized spacial score (nSPS) is 12.3. The molecule has 0 unspecified atom stereocenters. The first-order chi connectivity index (χ1) is 21.3. The predicted octanol–water partition coefficient (Wildman–Crippen LogP) is 11.5. The number of nitrogens with zero attached hydrogens (tertiary/aromatic N) is 1. The Hall–Kier alpha value is -5.32. The molecule has 0 amide bonds. The van der Waals surface area contributed by atoms with Crippen LogP contribution in [0.4, 0.5) is 22.7 Å². The maximum atomic E-state index is 6.32. The first-order valence-corrected chi connectivity index (χ1v) is 15.4. The number of fused-ring (bicyclic) bond motifs is 8. The van der Waals surface area contributed by atoms with Crippen molar-refractivity contribution < 1.29 is 4.42 Å². The zero-order valence-corrected chi connectivity index (χ0v) is 24.1. The van der Waals surface area contributed by atoms with Crippen molar-refractivity contribution >= 4 is 66.1 Å². The average molecular weight is 571 g/mol. The molecule has 0 atom stereocenters. The predicted molar refractivity (Wildman–Crippen MR) is 182 cm³/mol. The van der Waals surface area contributed by atoms with Gasteiger partial charge in [0, 0.05) is 61.3 Å². The number of anilines is 4. The number of rotatable bonds is 4. The van der Waals surface area contributed by atoms with Gasteiger partial charge in [-0.05, 0) is 70.6 Å². The first kappa shape index (κ1) is 24.3. The van der Waals surface area contributed by atoms with E-state index >= 15 is 0 Å². The molecule has 1 N–H and O–H groups in total. The Morgan fingerprint density at radius 2 is 1.23 bits per heavy atom. The molecule has 0 radical (unpaired) electrons. The number of thiophene rings is 1. The van der Waals surface area contributed by atoms with Gasteiger partial charge in [-0.2, -0.15) is 0 Å². The van der Waals surface area contributed by atoms with Gasteiger partial charge in [-0.25, -0.2) is 0 Å². The second kappa shape index (κ2) is 9.62. The molecule has 3 heterocycles. The third kappa shape index (κ3) is 3.95. The molecule has 1 aliphatic heterocycles. The van der Waals surface area contributed by atoms with Gasteiger partial charge in [0.25, 0.3) is 0 Å². The van der Waals surface area contributed by atoms with E-state index in [0.717, 1.165) is 45.5 Å². The summed E-state index contributed by atoms with van der Waals surface area (Å²) >= 11 is 1.88. The smallest absolute Gasteiger partial charge is 0.137 e. The summed E-state index contributed by atoms with van der Waals surface area (Å²) in [6.45, 7) is 0.846. The Balaban J connectivity index is 1.21. The topological polar surface area (TPSA) is 28.4 Å². The Labute approximate surface area is 253 Å². The van der Waals surface area contributed by atoms with Gasteiger partial charge < -0.3 is 14.6 Å². The van der Waals surface area contributed by atoms with E-state index in [9.17, 15) is 0 Å². The highest BCUT2D eigenvalue weighted by Crippen LogP contribution is 2.47. The molecule has 2 aromatic heterocycles. The number of benzene rings is 6. The quantitative estimate of drug-likeness (QED) is 0.228. The molecular weight excluding hydrogens is 545 g/mol. The molecular formula is C39H26N2OS. The van der Waals surface area contributed by atoms with Crippen molar-refractivity contribution in [2.45, 2.75) is 6.54 Å². The maximum Gasteiger partial charge on any atom is 0.137 e. The van der Waals surface area contributed by atoms with E-state index in [-0.39, 0.29) is 0 Å². The van der Waals surface area contributed by atoms with Crippen molar-refractivity contribution in [3.05, 3.63) is 145 Å². The molecule has 8 aromatic rings. The minimum Gasteiger partial charge on any atom is -0.456 e. The molecule has 4 heteroatoms. The van der Waals surface area contributed by atoms with E-state index < -0.39 is 0 Å². The average Bonchev–Trinajstić information content (AvgIpc) is 3.63. The molecule has 6 aromatic carbocycles. The van der Waals surface area contributed by atoms with E-state index in [1.165, 1.54) is 42.9 Å². The van der Waals surface area contributed by atoms with Crippen molar-refractivity contribution in [3.63, 3.8) is 0 Å². The van der Waals surface area contributed by atoms with Gasteiger partial charge in [0.2, 0.25) is 0 Å². The highest BCUT2D eigenvalue weighted by atomic mass is 32.1. The van der Waals surface area contributed by atoms with Crippen LogP contribution in [-0.4, -0.2) is 0 Å². The van der Waals surface area contributed by atoms with E-state index in [1.54, 1.807) is 0 Å². The summed E-state index contributed by atoms with van der Waals surface area (Å²) in [6, 6.07) is 49.7. The highest BCUT2D eigenvalue weighted by Gasteiger charge is 2.22. The van der Waals surface area contributed by atoms with Gasteiger partial charge in [0.15, 0.2) is 0 Å². The summed E-state index contributed by atoms with van der Waals surface area (Å²) < 4.78 is 7.61. The fraction of sp³-hybridized carbons (Fsp3) is 0.0256. The summed E-state index contributed by atoms with van der Waals surface area (Å²) in [5.74, 6) is 0. The maximum absolute atomic E-state index is 6.32. The fourth-order valence-corrected chi connectivity index (χ4v) is 7.72. The Morgan fingerprint density at radius 3 is 2.12 bits per heavy atom. The summed E-state index contributed by atoms with van der Waals surface area (Å²) in [7, 11) is 0. The third-order valence-corrected chi connectivity index (χ3v) is 9.74. The van der Waals surface area contributed by atoms with Crippen molar-refractivity contribution in [1.82, 2.24) is 0 Å². The lowest BCUT2D eigenvalue weighted by atomic mass is 10.0. The lowest BCUT2D eigenvalue weighted by molar-refractivity contribution is 0.669. The lowest BCUT2D eigenvalue weighted by Gasteiger charge is -2.26. The largest absolute Gasteiger partial charge is 0.456 e. The molecule has 204 valence electrons. The van der Waals surface area contributed by atoms with Crippen LogP contribution in [0.25, 0.3) is 53.6 Å². The summed E-state index contributed by atoms with van der Waals surface area (Å²) in [5, 5.41) is 7.21. The molecule has 43 heavy (non-hydrogen) atoms. The molecule has 0 fully saturated rings. The molecule has 0 spiro atoms. The SMILES string of the molecule is c1ccc(-c2ccc(N(c3ccc4c(c3)oc3ccccc34)c3ccc4c5c(sc4c3)-c3ccccc3NC5)cc2)cc1. The third-order valence-electron chi connectivity index (χ3n) is 8.52. The molecule has 0 saturated carbocycles. The van der Waals surface area contributed by atoms with Crippen LogP contribution < -0.4 is 10.2 Å². The van der Waals surface area contributed by atoms with Gasteiger partial charge in [-0.1, -0.05) is 84.9 Å². The summed E-state index contributed by atoms with van der Waals surface area (Å²) in [4.78, 5) is 3.70. The van der Waals surface area contributed by atoms with Gasteiger partial charge >= 0.3 is 0 Å². The minimum absolute atomic E-state index is 0.846.